The first-order valence-corrected chi connectivity index (χ1v) is 5.34. The second kappa shape index (κ2) is 3.46. The standard InChI is InChI=1S/C9H12N2OS/c1-7-2-4-11(6-7)9(12)8-10-3-5-13-8/h3,5,7H,2,4,6H2,1H3. The maximum Gasteiger partial charge on any atom is 0.282 e. The third kappa shape index (κ3) is 1.72. The van der Waals surface area contributed by atoms with Crippen LogP contribution in [-0.2, 0) is 0 Å². The summed E-state index contributed by atoms with van der Waals surface area (Å²) in [5.41, 5.74) is 0. The lowest BCUT2D eigenvalue weighted by atomic mass is 10.2. The molecule has 0 spiro atoms. The number of hydrogen-bond acceptors (Lipinski definition) is 3. The van der Waals surface area contributed by atoms with Gasteiger partial charge in [-0.05, 0) is 12.3 Å². The van der Waals surface area contributed by atoms with E-state index in [2.05, 4.69) is 11.9 Å². The van der Waals surface area contributed by atoms with Gasteiger partial charge in [0, 0.05) is 24.7 Å². The SMILES string of the molecule is CC1CCN(C(=O)c2nccs2)C1. The van der Waals surface area contributed by atoms with Crippen molar-refractivity contribution >= 4 is 17.2 Å². The van der Waals surface area contributed by atoms with E-state index in [9.17, 15) is 4.79 Å². The summed E-state index contributed by atoms with van der Waals surface area (Å²) < 4.78 is 0. The normalized spacial score (nSPS) is 22.2. The number of likely N-dealkylation sites (tertiary alicyclic amines) is 1. The molecule has 0 bridgehead atoms. The number of aromatic nitrogens is 1. The highest BCUT2D eigenvalue weighted by molar-refractivity contribution is 7.11. The predicted molar refractivity (Wildman–Crippen MR) is 51.8 cm³/mol. The molecule has 1 atom stereocenters. The van der Waals surface area contributed by atoms with E-state index >= 15 is 0 Å². The van der Waals surface area contributed by atoms with Crippen molar-refractivity contribution in [3.05, 3.63) is 16.6 Å². The predicted octanol–water partition coefficient (Wildman–Crippen LogP) is 1.63. The summed E-state index contributed by atoms with van der Waals surface area (Å²) in [6, 6.07) is 0. The first kappa shape index (κ1) is 8.69. The fourth-order valence-electron chi connectivity index (χ4n) is 1.58. The molecule has 1 saturated heterocycles. The fourth-order valence-corrected chi connectivity index (χ4v) is 2.19. The lowest BCUT2D eigenvalue weighted by Gasteiger charge is -2.13. The quantitative estimate of drug-likeness (QED) is 0.684. The van der Waals surface area contributed by atoms with Crippen molar-refractivity contribution in [1.29, 1.82) is 0 Å². The van der Waals surface area contributed by atoms with Crippen LogP contribution >= 0.6 is 11.3 Å². The van der Waals surface area contributed by atoms with E-state index in [0.29, 0.717) is 10.9 Å². The molecule has 70 valence electrons. The molecule has 3 nitrogen and oxygen atoms in total. The lowest BCUT2D eigenvalue weighted by Crippen LogP contribution is -2.28. The fraction of sp³-hybridized carbons (Fsp3) is 0.556. The molecular formula is C9H12N2OS. The molecule has 0 saturated carbocycles. The summed E-state index contributed by atoms with van der Waals surface area (Å²) in [5.74, 6) is 0.739. The summed E-state index contributed by atoms with van der Waals surface area (Å²) in [5, 5.41) is 2.46. The molecule has 4 heteroatoms. The molecular weight excluding hydrogens is 184 g/mol. The van der Waals surface area contributed by atoms with Gasteiger partial charge in [-0.1, -0.05) is 6.92 Å². The molecule has 1 aliphatic rings. The number of hydrogen-bond donors (Lipinski definition) is 0. The van der Waals surface area contributed by atoms with E-state index in [1.807, 2.05) is 10.3 Å². The van der Waals surface area contributed by atoms with E-state index in [4.69, 9.17) is 0 Å². The van der Waals surface area contributed by atoms with Crippen LogP contribution in [0.5, 0.6) is 0 Å². The minimum Gasteiger partial charge on any atom is -0.336 e. The first-order valence-electron chi connectivity index (χ1n) is 4.46. The smallest absolute Gasteiger partial charge is 0.282 e. The number of amides is 1. The molecule has 1 amide bonds. The Morgan fingerprint density at radius 3 is 3.15 bits per heavy atom. The molecule has 13 heavy (non-hydrogen) atoms. The van der Waals surface area contributed by atoms with Crippen LogP contribution in [-0.4, -0.2) is 28.9 Å². The maximum atomic E-state index is 11.7. The summed E-state index contributed by atoms with van der Waals surface area (Å²) in [6.07, 6.45) is 2.80. The van der Waals surface area contributed by atoms with E-state index in [1.54, 1.807) is 6.20 Å². The summed E-state index contributed by atoms with van der Waals surface area (Å²) in [7, 11) is 0. The van der Waals surface area contributed by atoms with Gasteiger partial charge in [-0.2, -0.15) is 0 Å². The molecule has 0 aromatic carbocycles. The van der Waals surface area contributed by atoms with Gasteiger partial charge in [-0.15, -0.1) is 11.3 Å². The Labute approximate surface area is 81.4 Å². The van der Waals surface area contributed by atoms with E-state index in [1.165, 1.54) is 11.3 Å². The van der Waals surface area contributed by atoms with Crippen LogP contribution in [0.15, 0.2) is 11.6 Å². The Hall–Kier alpha value is -0.900. The molecule has 1 aromatic rings. The average Bonchev–Trinajstić information content (AvgIpc) is 2.72. The monoisotopic (exact) mass is 196 g/mol. The Morgan fingerprint density at radius 2 is 2.62 bits per heavy atom. The van der Waals surface area contributed by atoms with Crippen LogP contribution in [0.25, 0.3) is 0 Å². The molecule has 0 aliphatic carbocycles. The zero-order valence-electron chi connectivity index (χ0n) is 7.56. The zero-order chi connectivity index (χ0) is 9.26. The molecule has 1 aromatic heterocycles. The minimum atomic E-state index is 0.0966. The Balaban J connectivity index is 2.06. The highest BCUT2D eigenvalue weighted by Crippen LogP contribution is 2.18. The molecule has 2 heterocycles. The van der Waals surface area contributed by atoms with Crippen LogP contribution in [0.2, 0.25) is 0 Å². The molecule has 0 N–H and O–H groups in total. The number of nitrogens with zero attached hydrogens (tertiary/aromatic N) is 2. The van der Waals surface area contributed by atoms with Gasteiger partial charge in [0.1, 0.15) is 0 Å². The molecule has 1 aliphatic heterocycles. The second-order valence-electron chi connectivity index (χ2n) is 3.48. The van der Waals surface area contributed by atoms with Crippen molar-refractivity contribution in [2.75, 3.05) is 13.1 Å². The van der Waals surface area contributed by atoms with Crippen LogP contribution in [0, 0.1) is 5.92 Å². The van der Waals surface area contributed by atoms with Gasteiger partial charge in [-0.3, -0.25) is 4.79 Å². The van der Waals surface area contributed by atoms with Crippen molar-refractivity contribution < 1.29 is 4.79 Å². The van der Waals surface area contributed by atoms with E-state index < -0.39 is 0 Å². The lowest BCUT2D eigenvalue weighted by molar-refractivity contribution is 0.0787. The van der Waals surface area contributed by atoms with Crippen molar-refractivity contribution in [1.82, 2.24) is 9.88 Å². The summed E-state index contributed by atoms with van der Waals surface area (Å²) >= 11 is 1.42. The minimum absolute atomic E-state index is 0.0966. The van der Waals surface area contributed by atoms with E-state index in [-0.39, 0.29) is 5.91 Å². The van der Waals surface area contributed by atoms with Crippen LogP contribution in [0.1, 0.15) is 23.1 Å². The van der Waals surface area contributed by atoms with Gasteiger partial charge < -0.3 is 4.90 Å². The van der Waals surface area contributed by atoms with Crippen LogP contribution < -0.4 is 0 Å². The average molecular weight is 196 g/mol. The molecule has 2 rings (SSSR count). The van der Waals surface area contributed by atoms with Gasteiger partial charge in [-0.25, -0.2) is 4.98 Å². The van der Waals surface area contributed by atoms with E-state index in [0.717, 1.165) is 19.5 Å². The van der Waals surface area contributed by atoms with Crippen molar-refractivity contribution in [3.63, 3.8) is 0 Å². The Morgan fingerprint density at radius 1 is 1.77 bits per heavy atom. The number of thiazole rings is 1. The largest absolute Gasteiger partial charge is 0.336 e. The molecule has 1 unspecified atom stereocenters. The summed E-state index contributed by atoms with van der Waals surface area (Å²) in [6.45, 7) is 3.95. The summed E-state index contributed by atoms with van der Waals surface area (Å²) in [4.78, 5) is 17.6. The topological polar surface area (TPSA) is 33.2 Å². The van der Waals surface area contributed by atoms with Crippen molar-refractivity contribution in [2.24, 2.45) is 5.92 Å². The van der Waals surface area contributed by atoms with Gasteiger partial charge in [0.15, 0.2) is 5.01 Å². The Bertz CT molecular complexity index is 297. The van der Waals surface area contributed by atoms with Crippen LogP contribution in [0.4, 0.5) is 0 Å². The molecule has 0 radical (unpaired) electrons. The van der Waals surface area contributed by atoms with Crippen molar-refractivity contribution in [3.8, 4) is 0 Å². The third-order valence-electron chi connectivity index (χ3n) is 2.33. The van der Waals surface area contributed by atoms with Gasteiger partial charge in [0.2, 0.25) is 0 Å². The number of rotatable bonds is 1. The zero-order valence-corrected chi connectivity index (χ0v) is 8.38. The van der Waals surface area contributed by atoms with Gasteiger partial charge in [0.05, 0.1) is 0 Å². The number of carbonyl (C=O) groups is 1. The number of carbonyl (C=O) groups excluding carboxylic acids is 1. The first-order chi connectivity index (χ1) is 6.27. The van der Waals surface area contributed by atoms with Gasteiger partial charge >= 0.3 is 0 Å². The maximum absolute atomic E-state index is 11.7. The second-order valence-corrected chi connectivity index (χ2v) is 4.38. The molecule has 1 fully saturated rings. The Kier molecular flexibility index (Phi) is 2.31. The highest BCUT2D eigenvalue weighted by atomic mass is 32.1. The highest BCUT2D eigenvalue weighted by Gasteiger charge is 2.25. The third-order valence-corrected chi connectivity index (χ3v) is 3.09. The van der Waals surface area contributed by atoms with Gasteiger partial charge in [0.25, 0.3) is 5.91 Å². The van der Waals surface area contributed by atoms with Crippen molar-refractivity contribution in [2.45, 2.75) is 13.3 Å². The van der Waals surface area contributed by atoms with Crippen LogP contribution in [0.3, 0.4) is 0 Å².